The van der Waals surface area contributed by atoms with Crippen LogP contribution in [0.1, 0.15) is 22.6 Å². The number of rotatable bonds is 4. The first-order chi connectivity index (χ1) is 12.8. The topological polar surface area (TPSA) is 29.5 Å². The van der Waals surface area contributed by atoms with Gasteiger partial charge in [-0.25, -0.2) is 0 Å². The predicted molar refractivity (Wildman–Crippen MR) is 106 cm³/mol. The Hall–Kier alpha value is -1.51. The van der Waals surface area contributed by atoms with E-state index in [2.05, 4.69) is 78.9 Å². The number of hydrogen-bond acceptors (Lipinski definition) is 2. The second-order valence-electron chi connectivity index (χ2n) is 6.76. The Balaban J connectivity index is 0.000001000. The number of ether oxygens (including phenoxy) is 1. The summed E-state index contributed by atoms with van der Waals surface area (Å²) in [5.74, 6) is 0.992. The van der Waals surface area contributed by atoms with Gasteiger partial charge in [0.15, 0.2) is 0 Å². The molecule has 4 aromatic rings. The Bertz CT molecular complexity index is 1150. The van der Waals surface area contributed by atoms with Crippen molar-refractivity contribution in [2.45, 2.75) is 5.92 Å². The Morgan fingerprint density at radius 1 is 0.862 bits per heavy atom. The molecule has 0 saturated carbocycles. The maximum absolute atomic E-state index is 9.18. The van der Waals surface area contributed by atoms with E-state index in [4.69, 9.17) is 4.74 Å². The Morgan fingerprint density at radius 3 is 2.41 bits per heavy atom. The molecule has 0 bridgehead atoms. The zero-order valence-electron chi connectivity index (χ0n) is 15.6. The summed E-state index contributed by atoms with van der Waals surface area (Å²) in [6.45, 7) is 0.338. The maximum Gasteiger partial charge on any atom is 3.00 e. The van der Waals surface area contributed by atoms with E-state index in [1.54, 1.807) is 0 Å². The van der Waals surface area contributed by atoms with Gasteiger partial charge in [-0.1, -0.05) is 54.6 Å². The second-order valence-corrected chi connectivity index (χ2v) is 6.76. The van der Waals surface area contributed by atoms with Crippen molar-refractivity contribution in [2.24, 2.45) is 0 Å². The molecule has 0 aromatic heterocycles. The number of hydrogen-bond donors (Lipinski definition) is 1. The van der Waals surface area contributed by atoms with Crippen molar-refractivity contribution in [1.82, 2.24) is 0 Å². The van der Waals surface area contributed by atoms with Crippen molar-refractivity contribution < 1.29 is 60.9 Å². The van der Waals surface area contributed by atoms with Crippen LogP contribution in [0.4, 0.5) is 0 Å². The molecule has 0 amide bonds. The van der Waals surface area contributed by atoms with E-state index in [-0.39, 0.29) is 63.5 Å². The molecule has 5 rings (SSSR count). The largest absolute Gasteiger partial charge is 3.00 e. The van der Waals surface area contributed by atoms with Gasteiger partial charge in [-0.2, -0.15) is 0 Å². The van der Waals surface area contributed by atoms with Gasteiger partial charge >= 0.3 is 26.2 Å². The maximum atomic E-state index is 9.18. The Morgan fingerprint density at radius 2 is 1.59 bits per heavy atom. The van der Waals surface area contributed by atoms with Crippen LogP contribution >= 0.6 is 0 Å². The molecule has 145 valence electrons. The molecule has 4 aromatic carbocycles. The van der Waals surface area contributed by atoms with Gasteiger partial charge in [0.1, 0.15) is 12.4 Å². The van der Waals surface area contributed by atoms with Gasteiger partial charge in [-0.15, -0.1) is 39.7 Å². The average molecular weight is 502 g/mol. The summed E-state index contributed by atoms with van der Waals surface area (Å²) >= 11 is 0. The number of aliphatic hydroxyl groups is 1. The van der Waals surface area contributed by atoms with E-state index in [0.29, 0.717) is 6.61 Å². The minimum atomic E-state index is 0. The molecule has 0 spiro atoms. The van der Waals surface area contributed by atoms with E-state index in [9.17, 15) is 5.11 Å². The summed E-state index contributed by atoms with van der Waals surface area (Å²) in [4.78, 5) is 0. The Labute approximate surface area is 201 Å². The number of benzene rings is 3. The third-order valence-corrected chi connectivity index (χ3v) is 5.22. The number of halogens is 2. The van der Waals surface area contributed by atoms with Crippen LogP contribution in [0.25, 0.3) is 27.6 Å². The van der Waals surface area contributed by atoms with E-state index < -0.39 is 0 Å². The molecule has 29 heavy (non-hydrogen) atoms. The molecule has 1 atom stereocenters. The van der Waals surface area contributed by atoms with Crippen LogP contribution in [-0.4, -0.2) is 18.3 Å². The number of aliphatic hydroxyl groups excluding tert-OH is 1. The van der Waals surface area contributed by atoms with Crippen molar-refractivity contribution >= 4 is 27.6 Å². The first-order valence-corrected chi connectivity index (χ1v) is 8.97. The average Bonchev–Trinajstić information content (AvgIpc) is 3.23. The molecule has 0 heterocycles. The Kier molecular flexibility index (Phi) is 8.20. The predicted octanol–water partition coefficient (Wildman–Crippen LogP) is -0.787. The molecule has 1 aliphatic carbocycles. The van der Waals surface area contributed by atoms with Crippen LogP contribution in [0, 0.1) is 0 Å². The summed E-state index contributed by atoms with van der Waals surface area (Å²) in [6.07, 6.45) is 2.10. The molecule has 1 unspecified atom stereocenters. The normalized spacial score (nSPS) is 14.4. The van der Waals surface area contributed by atoms with Gasteiger partial charge in [0.2, 0.25) is 0 Å². The molecular weight excluding hydrogens is 482 g/mol. The van der Waals surface area contributed by atoms with Crippen LogP contribution in [0.2, 0.25) is 0 Å². The van der Waals surface area contributed by atoms with Gasteiger partial charge in [-0.05, 0) is 22.8 Å². The van der Waals surface area contributed by atoms with Crippen LogP contribution in [0.5, 0.6) is 0 Å². The van der Waals surface area contributed by atoms with Crippen molar-refractivity contribution in [1.29, 1.82) is 0 Å². The number of allylic oxidation sites excluding steroid dienone is 1. The third-order valence-electron chi connectivity index (χ3n) is 5.22. The third kappa shape index (κ3) is 4.20. The quantitative estimate of drug-likeness (QED) is 0.372. The van der Waals surface area contributed by atoms with Gasteiger partial charge in [0.25, 0.3) is 0 Å². The first kappa shape index (κ1) is 23.8. The van der Waals surface area contributed by atoms with Gasteiger partial charge in [-0.3, -0.25) is 0 Å². The molecule has 1 N–H and O–H groups in total. The van der Waals surface area contributed by atoms with Crippen LogP contribution in [0.15, 0.2) is 78.6 Å². The van der Waals surface area contributed by atoms with Gasteiger partial charge < -0.3 is 34.7 Å². The van der Waals surface area contributed by atoms with Crippen molar-refractivity contribution in [3.63, 3.8) is 0 Å². The van der Waals surface area contributed by atoms with E-state index in [1.165, 1.54) is 38.2 Å². The molecule has 0 aliphatic heterocycles. The monoisotopic (exact) mass is 499 g/mol. The van der Waals surface area contributed by atoms with Gasteiger partial charge in [0.05, 0.1) is 12.5 Å². The van der Waals surface area contributed by atoms with Crippen LogP contribution in [0.3, 0.4) is 0 Å². The van der Waals surface area contributed by atoms with Crippen molar-refractivity contribution in [3.8, 4) is 0 Å². The molecule has 0 saturated heterocycles. The van der Waals surface area contributed by atoms with Crippen molar-refractivity contribution in [2.75, 3.05) is 13.2 Å². The zero-order chi connectivity index (χ0) is 17.5. The summed E-state index contributed by atoms with van der Waals surface area (Å²) < 4.78 is 5.89. The molecule has 5 heteroatoms. The van der Waals surface area contributed by atoms with E-state index in [1.807, 2.05) is 0 Å². The molecular formula is C24H19Cl2O2Zr. The fourth-order valence-corrected chi connectivity index (χ4v) is 4.08. The van der Waals surface area contributed by atoms with Crippen LogP contribution < -0.4 is 24.8 Å². The number of fused-ring (bicyclic) bond motifs is 4. The summed E-state index contributed by atoms with van der Waals surface area (Å²) in [5.41, 5.74) is 3.68. The minimum Gasteiger partial charge on any atom is -1.00 e. The fraction of sp³-hybridized carbons (Fsp3) is 0.125. The van der Waals surface area contributed by atoms with E-state index >= 15 is 0 Å². The summed E-state index contributed by atoms with van der Waals surface area (Å²) in [5, 5.41) is 14.3. The SMILES string of the molecule is OCCOC1=Cc2ccccc2C1c1ccc2[cH-]c3ccccc3c2c1.[Cl-].[Cl-].[Zr+3]. The second kappa shape index (κ2) is 10.0. The summed E-state index contributed by atoms with van der Waals surface area (Å²) in [7, 11) is 0. The van der Waals surface area contributed by atoms with Gasteiger partial charge in [0, 0.05) is 0 Å². The minimum absolute atomic E-state index is 0. The zero-order valence-corrected chi connectivity index (χ0v) is 19.6. The standard InChI is InChI=1S/C24H19O2.2ClH.Zr/c25-11-12-26-23-15-17-6-2-4-8-21(17)24(23)19-10-9-18-13-16-5-1-3-7-20(16)22(18)14-19;;;/h1-10,13-15,24-25H,11-12H2;2*1H;/q-1;;;+3/p-2. The smallest absolute Gasteiger partial charge is 1.00 e. The first-order valence-electron chi connectivity index (χ1n) is 8.97. The van der Waals surface area contributed by atoms with Crippen LogP contribution in [-0.2, 0) is 30.9 Å². The molecule has 2 nitrogen and oxygen atoms in total. The summed E-state index contributed by atoms with van der Waals surface area (Å²) in [6, 6.07) is 25.9. The molecule has 1 radical (unpaired) electrons. The molecule has 1 aliphatic rings. The van der Waals surface area contributed by atoms with Crippen molar-refractivity contribution in [3.05, 3.63) is 95.2 Å². The van der Waals surface area contributed by atoms with E-state index in [0.717, 1.165) is 5.76 Å². The molecule has 0 fully saturated rings. The fourth-order valence-electron chi connectivity index (χ4n) is 4.08.